The minimum absolute atomic E-state index is 0.158. The first-order valence-electron chi connectivity index (χ1n) is 16.6. The number of nitrogens with zero attached hydrogens (tertiary/aromatic N) is 5. The smallest absolute Gasteiger partial charge is 0.321 e. The molecule has 3 amide bonds. The van der Waals surface area contributed by atoms with Crippen LogP contribution in [0.5, 0.6) is 0 Å². The van der Waals surface area contributed by atoms with Gasteiger partial charge in [0.1, 0.15) is 0 Å². The molecule has 2 aromatic heterocycles. The number of aryl methyl sites for hydroxylation is 1. The standard InChI is InChI=1S/C24H30N8O2.C10H22.C2H6/c1-5-16-13-32(14-16)24(34)30-18-7-20(15(3)27-10-18)31-23(33)19(8-25)22-12-28-21(11-29-22)17(6-2)9-26-4;1-5-6-7-8-9-10(2,3)4;1-2/h6-12,16H,5,13-14,25H2,1-4H3,(H,30,34)(H,31,33);5-9H2,1-4H3;1-2H3/b17-6+,19-8+,26-9?;;. The lowest BCUT2D eigenvalue weighted by molar-refractivity contribution is -0.111. The van der Waals surface area contributed by atoms with E-state index in [-0.39, 0.29) is 11.6 Å². The van der Waals surface area contributed by atoms with Crippen molar-refractivity contribution in [2.75, 3.05) is 30.8 Å². The lowest BCUT2D eigenvalue weighted by Gasteiger charge is -2.38. The summed E-state index contributed by atoms with van der Waals surface area (Å²) in [4.78, 5) is 44.1. The number of aromatic nitrogens is 3. The molecule has 3 heterocycles. The Morgan fingerprint density at radius 3 is 2.20 bits per heavy atom. The van der Waals surface area contributed by atoms with Crippen LogP contribution in [-0.4, -0.2) is 58.1 Å². The zero-order valence-corrected chi connectivity index (χ0v) is 29.9. The Balaban J connectivity index is 0.000000753. The van der Waals surface area contributed by atoms with E-state index in [4.69, 9.17) is 5.73 Å². The van der Waals surface area contributed by atoms with Gasteiger partial charge in [0.05, 0.1) is 52.6 Å². The molecule has 0 atom stereocenters. The molecular formula is C36H58N8O2. The molecule has 2 aromatic rings. The van der Waals surface area contributed by atoms with Crippen molar-refractivity contribution < 1.29 is 9.59 Å². The highest BCUT2D eigenvalue weighted by Crippen LogP contribution is 2.24. The van der Waals surface area contributed by atoms with Crippen LogP contribution >= 0.6 is 0 Å². The third kappa shape index (κ3) is 13.5. The zero-order chi connectivity index (χ0) is 34.7. The van der Waals surface area contributed by atoms with Crippen LogP contribution in [-0.2, 0) is 4.79 Å². The van der Waals surface area contributed by atoms with Gasteiger partial charge in [-0.1, -0.05) is 80.2 Å². The van der Waals surface area contributed by atoms with Crippen molar-refractivity contribution in [3.63, 3.8) is 0 Å². The van der Waals surface area contributed by atoms with Gasteiger partial charge in [-0.3, -0.25) is 24.7 Å². The monoisotopic (exact) mass is 634 g/mol. The lowest BCUT2D eigenvalue weighted by atomic mass is 9.89. The third-order valence-corrected chi connectivity index (χ3v) is 7.40. The van der Waals surface area contributed by atoms with Gasteiger partial charge in [0.15, 0.2) is 0 Å². The topological polar surface area (TPSA) is 138 Å². The largest absolute Gasteiger partial charge is 0.404 e. The van der Waals surface area contributed by atoms with E-state index < -0.39 is 5.91 Å². The molecular weight excluding hydrogens is 576 g/mol. The summed E-state index contributed by atoms with van der Waals surface area (Å²) < 4.78 is 0. The van der Waals surface area contributed by atoms with E-state index in [1.807, 2.05) is 26.8 Å². The predicted molar refractivity (Wildman–Crippen MR) is 194 cm³/mol. The van der Waals surface area contributed by atoms with Crippen molar-refractivity contribution >= 4 is 40.7 Å². The van der Waals surface area contributed by atoms with Gasteiger partial charge in [0.25, 0.3) is 5.91 Å². The minimum Gasteiger partial charge on any atom is -0.404 e. The van der Waals surface area contributed by atoms with Crippen LogP contribution in [0.25, 0.3) is 11.1 Å². The van der Waals surface area contributed by atoms with E-state index in [0.29, 0.717) is 39.8 Å². The van der Waals surface area contributed by atoms with E-state index in [2.05, 4.69) is 65.2 Å². The Kier molecular flexibility index (Phi) is 18.1. The number of urea groups is 1. The summed E-state index contributed by atoms with van der Waals surface area (Å²) in [6, 6.07) is 1.49. The number of aliphatic imine (C=N–C) groups is 1. The second-order valence-electron chi connectivity index (χ2n) is 12.3. The molecule has 1 aliphatic heterocycles. The van der Waals surface area contributed by atoms with Crippen LogP contribution in [0.1, 0.15) is 111 Å². The Labute approximate surface area is 277 Å². The zero-order valence-electron chi connectivity index (χ0n) is 29.9. The van der Waals surface area contributed by atoms with Gasteiger partial charge >= 0.3 is 6.03 Å². The number of allylic oxidation sites excluding steroid dienone is 2. The fourth-order valence-corrected chi connectivity index (χ4v) is 4.52. The van der Waals surface area contributed by atoms with Crippen LogP contribution in [0.2, 0.25) is 0 Å². The normalized spacial score (nSPS) is 13.7. The summed E-state index contributed by atoms with van der Waals surface area (Å²) in [6.45, 7) is 20.5. The molecule has 0 bridgehead atoms. The van der Waals surface area contributed by atoms with Crippen molar-refractivity contribution in [2.45, 2.75) is 101 Å². The molecule has 1 aliphatic rings. The van der Waals surface area contributed by atoms with Gasteiger partial charge in [-0.2, -0.15) is 0 Å². The SMILES string of the molecule is C/C=C(\C=NC)c1cnc(/C(=C\N)C(=O)Nc2cc(NC(=O)N3CC(CC)C3)cnc2C)cn1.CC.CCCCCCC(C)(C)C. The lowest BCUT2D eigenvalue weighted by Crippen LogP contribution is -2.51. The number of pyridine rings is 1. The molecule has 0 aliphatic carbocycles. The molecule has 3 rings (SSSR count). The first-order valence-corrected chi connectivity index (χ1v) is 16.6. The van der Waals surface area contributed by atoms with Crippen LogP contribution in [0, 0.1) is 18.3 Å². The van der Waals surface area contributed by atoms with Gasteiger partial charge in [-0.05, 0) is 44.1 Å². The van der Waals surface area contributed by atoms with E-state index >= 15 is 0 Å². The molecule has 254 valence electrons. The second-order valence-corrected chi connectivity index (χ2v) is 12.3. The second kappa shape index (κ2) is 20.9. The van der Waals surface area contributed by atoms with E-state index in [1.165, 1.54) is 44.5 Å². The summed E-state index contributed by atoms with van der Waals surface area (Å²) in [5, 5.41) is 5.63. The molecule has 0 saturated carbocycles. The fourth-order valence-electron chi connectivity index (χ4n) is 4.52. The summed E-state index contributed by atoms with van der Waals surface area (Å²) in [7, 11) is 1.68. The molecule has 0 spiro atoms. The van der Waals surface area contributed by atoms with Crippen molar-refractivity contribution in [2.24, 2.45) is 22.1 Å². The number of carbonyl (C=O) groups excluding carboxylic acids is 2. The van der Waals surface area contributed by atoms with Crippen molar-refractivity contribution in [1.29, 1.82) is 0 Å². The molecule has 46 heavy (non-hydrogen) atoms. The number of hydrogen-bond acceptors (Lipinski definition) is 7. The maximum atomic E-state index is 13.0. The van der Waals surface area contributed by atoms with Gasteiger partial charge < -0.3 is 21.3 Å². The third-order valence-electron chi connectivity index (χ3n) is 7.40. The molecule has 0 aromatic carbocycles. The summed E-state index contributed by atoms with van der Waals surface area (Å²) in [6.07, 6.45) is 17.4. The van der Waals surface area contributed by atoms with Crippen LogP contribution < -0.4 is 16.4 Å². The van der Waals surface area contributed by atoms with Crippen molar-refractivity contribution in [1.82, 2.24) is 19.9 Å². The quantitative estimate of drug-likeness (QED) is 0.130. The van der Waals surface area contributed by atoms with Gasteiger partial charge in [0.2, 0.25) is 0 Å². The van der Waals surface area contributed by atoms with Gasteiger partial charge in [-0.25, -0.2) is 4.79 Å². The Bertz CT molecular complexity index is 1300. The molecule has 10 nitrogen and oxygen atoms in total. The van der Waals surface area contributed by atoms with Crippen molar-refractivity contribution in [3.05, 3.63) is 54.0 Å². The summed E-state index contributed by atoms with van der Waals surface area (Å²) in [5.41, 5.74) is 9.76. The Morgan fingerprint density at radius 1 is 1.02 bits per heavy atom. The number of hydrogen-bond donors (Lipinski definition) is 3. The first-order chi connectivity index (χ1) is 22.0. The summed E-state index contributed by atoms with van der Waals surface area (Å²) in [5.74, 6) is 0.0903. The average molecular weight is 635 g/mol. The summed E-state index contributed by atoms with van der Waals surface area (Å²) >= 11 is 0. The van der Waals surface area contributed by atoms with E-state index in [1.54, 1.807) is 43.5 Å². The van der Waals surface area contributed by atoms with Crippen LogP contribution in [0.15, 0.2) is 41.9 Å². The number of carbonyl (C=O) groups is 2. The maximum absolute atomic E-state index is 13.0. The number of anilines is 2. The van der Waals surface area contributed by atoms with Gasteiger partial charge in [0, 0.05) is 38.1 Å². The highest BCUT2D eigenvalue weighted by atomic mass is 16.2. The highest BCUT2D eigenvalue weighted by Gasteiger charge is 2.29. The fraction of sp³-hybridized carbons (Fsp3) is 0.556. The molecule has 1 fully saturated rings. The van der Waals surface area contributed by atoms with Crippen LogP contribution in [0.4, 0.5) is 16.2 Å². The van der Waals surface area contributed by atoms with Gasteiger partial charge in [-0.15, -0.1) is 0 Å². The number of amides is 3. The predicted octanol–water partition coefficient (Wildman–Crippen LogP) is 8.13. The van der Waals surface area contributed by atoms with Crippen molar-refractivity contribution in [3.8, 4) is 0 Å². The number of rotatable bonds is 11. The number of likely N-dealkylation sites (tertiary alicyclic amines) is 1. The molecule has 1 saturated heterocycles. The highest BCUT2D eigenvalue weighted by molar-refractivity contribution is 6.24. The molecule has 0 radical (unpaired) electrons. The number of nitrogens with two attached hydrogens (primary N) is 1. The van der Waals surface area contributed by atoms with E-state index in [0.717, 1.165) is 25.1 Å². The first kappa shape index (κ1) is 39.9. The van der Waals surface area contributed by atoms with Crippen LogP contribution in [0.3, 0.4) is 0 Å². The Morgan fingerprint density at radius 2 is 1.67 bits per heavy atom. The number of nitrogens with one attached hydrogen (secondary N) is 2. The average Bonchev–Trinajstić information content (AvgIpc) is 3.01. The minimum atomic E-state index is -0.465. The maximum Gasteiger partial charge on any atom is 0.321 e. The Hall–Kier alpha value is -4.08. The molecule has 0 unspecified atom stereocenters. The molecule has 10 heteroatoms. The van der Waals surface area contributed by atoms with E-state index in [9.17, 15) is 9.59 Å². The molecule has 4 N–H and O–H groups in total. The number of unbranched alkanes of at least 4 members (excludes halogenated alkanes) is 3.